The standard InChI is InChI=1S/C15H17BrN4O2/c1-9(2)18-14(21)8-17-15(22)13-7-12(19-20-13)10-3-5-11(16)6-4-10/h3-7,9H,8H2,1-2H3,(H,17,22)(H,18,21)(H,19,20). The largest absolute Gasteiger partial charge is 0.352 e. The van der Waals surface area contributed by atoms with E-state index in [1.54, 1.807) is 6.07 Å². The van der Waals surface area contributed by atoms with Crippen LogP contribution in [0.15, 0.2) is 34.8 Å². The van der Waals surface area contributed by atoms with Crippen LogP contribution in [-0.2, 0) is 4.79 Å². The lowest BCUT2D eigenvalue weighted by atomic mass is 10.1. The number of hydrogen-bond donors (Lipinski definition) is 3. The van der Waals surface area contributed by atoms with Crippen molar-refractivity contribution in [3.05, 3.63) is 40.5 Å². The molecule has 0 saturated carbocycles. The van der Waals surface area contributed by atoms with Crippen LogP contribution in [0.25, 0.3) is 11.3 Å². The van der Waals surface area contributed by atoms with Crippen molar-refractivity contribution in [2.45, 2.75) is 19.9 Å². The smallest absolute Gasteiger partial charge is 0.269 e. The molecule has 3 N–H and O–H groups in total. The molecule has 0 saturated heterocycles. The maximum absolute atomic E-state index is 12.0. The van der Waals surface area contributed by atoms with Crippen molar-refractivity contribution in [1.29, 1.82) is 0 Å². The van der Waals surface area contributed by atoms with Gasteiger partial charge in [0.25, 0.3) is 5.91 Å². The van der Waals surface area contributed by atoms with E-state index in [1.807, 2.05) is 38.1 Å². The van der Waals surface area contributed by atoms with Gasteiger partial charge < -0.3 is 10.6 Å². The lowest BCUT2D eigenvalue weighted by Crippen LogP contribution is -2.39. The summed E-state index contributed by atoms with van der Waals surface area (Å²) in [4.78, 5) is 23.5. The fraction of sp³-hybridized carbons (Fsp3) is 0.267. The van der Waals surface area contributed by atoms with E-state index in [2.05, 4.69) is 36.8 Å². The average Bonchev–Trinajstić information content (AvgIpc) is 2.94. The first-order valence-corrected chi connectivity index (χ1v) is 7.64. The maximum Gasteiger partial charge on any atom is 0.269 e. The summed E-state index contributed by atoms with van der Waals surface area (Å²) in [5, 5.41) is 12.0. The molecule has 0 aliphatic rings. The molecule has 0 aliphatic heterocycles. The van der Waals surface area contributed by atoms with Gasteiger partial charge in [-0.3, -0.25) is 14.7 Å². The Kier molecular flexibility index (Phi) is 5.32. The van der Waals surface area contributed by atoms with Crippen LogP contribution < -0.4 is 10.6 Å². The van der Waals surface area contributed by atoms with Gasteiger partial charge in [-0.15, -0.1) is 0 Å². The molecule has 1 aromatic carbocycles. The van der Waals surface area contributed by atoms with Crippen molar-refractivity contribution in [3.63, 3.8) is 0 Å². The van der Waals surface area contributed by atoms with E-state index in [0.717, 1.165) is 10.0 Å². The number of hydrogen-bond acceptors (Lipinski definition) is 3. The fourth-order valence-corrected chi connectivity index (χ4v) is 2.10. The Morgan fingerprint density at radius 3 is 2.59 bits per heavy atom. The van der Waals surface area contributed by atoms with Crippen LogP contribution in [0.4, 0.5) is 0 Å². The van der Waals surface area contributed by atoms with E-state index in [1.165, 1.54) is 0 Å². The molecule has 1 aromatic heterocycles. The molecule has 7 heteroatoms. The quantitative estimate of drug-likeness (QED) is 0.758. The van der Waals surface area contributed by atoms with Crippen LogP contribution in [-0.4, -0.2) is 34.6 Å². The molecule has 0 fully saturated rings. The highest BCUT2D eigenvalue weighted by atomic mass is 79.9. The Hall–Kier alpha value is -2.15. The Morgan fingerprint density at radius 1 is 1.27 bits per heavy atom. The van der Waals surface area contributed by atoms with Gasteiger partial charge in [0.15, 0.2) is 0 Å². The lowest BCUT2D eigenvalue weighted by Gasteiger charge is -2.08. The van der Waals surface area contributed by atoms with E-state index in [0.29, 0.717) is 11.4 Å². The van der Waals surface area contributed by atoms with Gasteiger partial charge in [0.05, 0.1) is 12.2 Å². The van der Waals surface area contributed by atoms with Crippen molar-refractivity contribution in [2.75, 3.05) is 6.54 Å². The monoisotopic (exact) mass is 364 g/mol. The molecule has 0 atom stereocenters. The van der Waals surface area contributed by atoms with Crippen molar-refractivity contribution >= 4 is 27.7 Å². The summed E-state index contributed by atoms with van der Waals surface area (Å²) in [5.74, 6) is -0.592. The van der Waals surface area contributed by atoms with E-state index in [9.17, 15) is 9.59 Å². The van der Waals surface area contributed by atoms with Gasteiger partial charge in [-0.05, 0) is 32.0 Å². The van der Waals surface area contributed by atoms with Crippen molar-refractivity contribution < 1.29 is 9.59 Å². The highest BCUT2D eigenvalue weighted by molar-refractivity contribution is 9.10. The number of halogens is 1. The second kappa shape index (κ2) is 7.22. The van der Waals surface area contributed by atoms with Gasteiger partial charge in [0.1, 0.15) is 5.69 Å². The Morgan fingerprint density at radius 2 is 1.95 bits per heavy atom. The topological polar surface area (TPSA) is 86.9 Å². The maximum atomic E-state index is 12.0. The summed E-state index contributed by atoms with van der Waals surface area (Å²) in [6.45, 7) is 3.65. The fourth-order valence-electron chi connectivity index (χ4n) is 1.84. The number of carbonyl (C=O) groups excluding carboxylic acids is 2. The summed E-state index contributed by atoms with van der Waals surface area (Å²) >= 11 is 3.37. The van der Waals surface area contributed by atoms with Crippen LogP contribution in [0.1, 0.15) is 24.3 Å². The molecule has 0 spiro atoms. The van der Waals surface area contributed by atoms with Gasteiger partial charge in [-0.1, -0.05) is 28.1 Å². The van der Waals surface area contributed by atoms with Gasteiger partial charge in [-0.2, -0.15) is 5.10 Å². The number of aromatic amines is 1. The number of amides is 2. The Balaban J connectivity index is 1.97. The minimum absolute atomic E-state index is 0.0422. The number of carbonyl (C=O) groups is 2. The molecule has 0 radical (unpaired) electrons. The number of aromatic nitrogens is 2. The molecular weight excluding hydrogens is 348 g/mol. The first-order chi connectivity index (χ1) is 10.5. The highest BCUT2D eigenvalue weighted by Crippen LogP contribution is 2.20. The zero-order valence-electron chi connectivity index (χ0n) is 12.3. The molecule has 0 aliphatic carbocycles. The summed E-state index contributed by atoms with van der Waals surface area (Å²) in [6, 6.07) is 9.30. The zero-order valence-corrected chi connectivity index (χ0v) is 13.9. The first kappa shape index (κ1) is 16.2. The summed E-state index contributed by atoms with van der Waals surface area (Å²) in [7, 11) is 0. The van der Waals surface area contributed by atoms with E-state index in [-0.39, 0.29) is 24.4 Å². The molecule has 2 aromatic rings. The predicted octanol–water partition coefficient (Wildman–Crippen LogP) is 2.09. The molecule has 0 bridgehead atoms. The van der Waals surface area contributed by atoms with Crippen molar-refractivity contribution in [1.82, 2.24) is 20.8 Å². The van der Waals surface area contributed by atoms with Crippen molar-refractivity contribution in [2.24, 2.45) is 0 Å². The number of benzene rings is 1. The van der Waals surface area contributed by atoms with E-state index < -0.39 is 0 Å². The minimum Gasteiger partial charge on any atom is -0.352 e. The van der Waals surface area contributed by atoms with Gasteiger partial charge in [0, 0.05) is 16.1 Å². The molecule has 2 rings (SSSR count). The number of H-pyrrole nitrogens is 1. The van der Waals surface area contributed by atoms with Gasteiger partial charge >= 0.3 is 0 Å². The zero-order chi connectivity index (χ0) is 16.1. The first-order valence-electron chi connectivity index (χ1n) is 6.84. The average molecular weight is 365 g/mol. The van der Waals surface area contributed by atoms with Gasteiger partial charge in [0.2, 0.25) is 5.91 Å². The van der Waals surface area contributed by atoms with E-state index in [4.69, 9.17) is 0 Å². The summed E-state index contributed by atoms with van der Waals surface area (Å²) < 4.78 is 0.973. The van der Waals surface area contributed by atoms with Gasteiger partial charge in [-0.25, -0.2) is 0 Å². The number of nitrogens with one attached hydrogen (secondary N) is 3. The van der Waals surface area contributed by atoms with Crippen LogP contribution in [0.5, 0.6) is 0 Å². The Labute approximate surface area is 136 Å². The number of rotatable bonds is 5. The Bertz CT molecular complexity index is 664. The van der Waals surface area contributed by atoms with Crippen LogP contribution in [0, 0.1) is 0 Å². The second-order valence-electron chi connectivity index (χ2n) is 5.08. The molecule has 2 amide bonds. The van der Waals surface area contributed by atoms with Crippen LogP contribution in [0.2, 0.25) is 0 Å². The summed E-state index contributed by atoms with van der Waals surface area (Å²) in [5.41, 5.74) is 1.88. The molecule has 116 valence electrons. The molecule has 6 nitrogen and oxygen atoms in total. The van der Waals surface area contributed by atoms with Crippen molar-refractivity contribution in [3.8, 4) is 11.3 Å². The number of nitrogens with zero attached hydrogens (tertiary/aromatic N) is 1. The lowest BCUT2D eigenvalue weighted by molar-refractivity contribution is -0.120. The predicted molar refractivity (Wildman–Crippen MR) is 87.3 cm³/mol. The third-order valence-electron chi connectivity index (χ3n) is 2.82. The normalized spacial score (nSPS) is 10.5. The van der Waals surface area contributed by atoms with Crippen LogP contribution in [0.3, 0.4) is 0 Å². The minimum atomic E-state index is -0.366. The molecule has 22 heavy (non-hydrogen) atoms. The molecule has 1 heterocycles. The third-order valence-corrected chi connectivity index (χ3v) is 3.35. The SMILES string of the molecule is CC(C)NC(=O)CNC(=O)c1cc(-c2ccc(Br)cc2)n[nH]1. The summed E-state index contributed by atoms with van der Waals surface area (Å²) in [6.07, 6.45) is 0. The van der Waals surface area contributed by atoms with Crippen LogP contribution >= 0.6 is 15.9 Å². The third kappa shape index (κ3) is 4.42. The second-order valence-corrected chi connectivity index (χ2v) is 5.99. The molecular formula is C15H17BrN4O2. The highest BCUT2D eigenvalue weighted by Gasteiger charge is 2.12. The molecule has 0 unspecified atom stereocenters. The van der Waals surface area contributed by atoms with E-state index >= 15 is 0 Å².